The highest BCUT2D eigenvalue weighted by Gasteiger charge is 2.46. The molecule has 1 fully saturated rings. The van der Waals surface area contributed by atoms with E-state index in [-0.39, 0.29) is 15.8 Å². The Morgan fingerprint density at radius 3 is 2.68 bits per heavy atom. The summed E-state index contributed by atoms with van der Waals surface area (Å²) in [7, 11) is 0. The van der Waals surface area contributed by atoms with Gasteiger partial charge in [-0.25, -0.2) is 9.37 Å². The van der Waals surface area contributed by atoms with Crippen LogP contribution in [0.1, 0.15) is 32.0 Å². The highest BCUT2D eigenvalue weighted by atomic mass is 35.5. The Bertz CT molecular complexity index is 1330. The minimum atomic E-state index is -1.54. The van der Waals surface area contributed by atoms with Crippen LogP contribution in [-0.2, 0) is 11.2 Å². The van der Waals surface area contributed by atoms with Gasteiger partial charge in [-0.1, -0.05) is 29.6 Å². The average molecular weight is 460 g/mol. The van der Waals surface area contributed by atoms with Crippen LogP contribution in [0, 0.1) is 17.1 Å². The molecule has 4 rings (SSSR count). The van der Waals surface area contributed by atoms with E-state index in [9.17, 15) is 14.0 Å². The number of nitrogens with one attached hydrogen (secondary N) is 1. The molecule has 31 heavy (non-hydrogen) atoms. The molecule has 1 saturated heterocycles. The van der Waals surface area contributed by atoms with Gasteiger partial charge < -0.3 is 0 Å². The number of thiol groups is 1. The van der Waals surface area contributed by atoms with E-state index in [1.165, 1.54) is 18.3 Å². The van der Waals surface area contributed by atoms with Gasteiger partial charge in [-0.05, 0) is 38.5 Å². The minimum absolute atomic E-state index is 0.0578. The molecule has 0 aliphatic carbocycles. The lowest BCUT2D eigenvalue weighted by molar-refractivity contribution is -0.114. The van der Waals surface area contributed by atoms with Crippen LogP contribution >= 0.6 is 22.7 Å². The van der Waals surface area contributed by atoms with E-state index in [1.807, 2.05) is 13.0 Å². The molecule has 0 radical (unpaired) electrons. The Balaban J connectivity index is 1.79. The third kappa shape index (κ3) is 3.47. The second-order valence-corrected chi connectivity index (χ2v) is 9.79. The largest absolute Gasteiger partial charge is 0.285 e. The van der Waals surface area contributed by atoms with Gasteiger partial charge in [0.05, 0.1) is 16.3 Å². The van der Waals surface area contributed by atoms with Crippen molar-refractivity contribution in [2.24, 2.45) is 0 Å². The second kappa shape index (κ2) is 7.64. The van der Waals surface area contributed by atoms with Crippen molar-refractivity contribution in [1.29, 1.82) is 5.26 Å². The van der Waals surface area contributed by atoms with Gasteiger partial charge in [0.25, 0.3) is 5.56 Å². The standard InChI is InChI=1S/C21H19ClFN5O2S/c1-4-13-7-18(29)27-11-14(8-17(23)19(27)25-13)28-21(2,3)20(30)31(26-28)15-6-5-12(10-24)16(22)9-15/h5-9,11,26,31H,4H2,1-3H3. The van der Waals surface area contributed by atoms with Crippen LogP contribution in [-0.4, -0.2) is 20.0 Å². The first-order valence-electron chi connectivity index (χ1n) is 9.50. The van der Waals surface area contributed by atoms with E-state index >= 15 is 0 Å². The summed E-state index contributed by atoms with van der Waals surface area (Å²) in [6.45, 7) is 5.28. The quantitative estimate of drug-likeness (QED) is 0.582. The minimum Gasteiger partial charge on any atom is -0.285 e. The number of carbonyl (C=O) groups is 1. The highest BCUT2D eigenvalue weighted by Crippen LogP contribution is 2.47. The molecule has 1 N–H and O–H groups in total. The molecule has 0 saturated carbocycles. The van der Waals surface area contributed by atoms with Crippen LogP contribution in [0.15, 0.2) is 46.2 Å². The van der Waals surface area contributed by atoms with Gasteiger partial charge >= 0.3 is 0 Å². The number of pyridine rings is 1. The van der Waals surface area contributed by atoms with Crippen molar-refractivity contribution in [2.45, 2.75) is 37.6 Å². The Labute approximate surface area is 185 Å². The smallest absolute Gasteiger partial charge is 0.258 e. The maximum atomic E-state index is 14.9. The molecule has 0 amide bonds. The zero-order chi connectivity index (χ0) is 22.5. The summed E-state index contributed by atoms with van der Waals surface area (Å²) in [4.78, 5) is 33.7. The molecule has 1 aromatic carbocycles. The molecule has 2 aromatic heterocycles. The van der Waals surface area contributed by atoms with E-state index in [0.29, 0.717) is 28.3 Å². The molecule has 3 aromatic rings. The molecule has 1 aliphatic heterocycles. The fourth-order valence-corrected chi connectivity index (χ4v) is 5.86. The Morgan fingerprint density at radius 1 is 1.29 bits per heavy atom. The van der Waals surface area contributed by atoms with E-state index in [2.05, 4.69) is 9.82 Å². The van der Waals surface area contributed by atoms with Crippen molar-refractivity contribution in [3.8, 4) is 6.07 Å². The van der Waals surface area contributed by atoms with E-state index < -0.39 is 28.0 Å². The van der Waals surface area contributed by atoms with E-state index in [0.717, 1.165) is 4.40 Å². The number of nitrogens with zero attached hydrogens (tertiary/aromatic N) is 4. The second-order valence-electron chi connectivity index (χ2n) is 7.59. The molecule has 0 bridgehead atoms. The number of aromatic nitrogens is 2. The number of hydrogen-bond donors (Lipinski definition) is 2. The number of anilines is 1. The van der Waals surface area contributed by atoms with Gasteiger partial charge in [-0.15, -0.1) is 0 Å². The van der Waals surface area contributed by atoms with Crippen molar-refractivity contribution in [3.63, 3.8) is 0 Å². The van der Waals surface area contributed by atoms with Crippen LogP contribution in [0.3, 0.4) is 0 Å². The third-order valence-corrected chi connectivity index (χ3v) is 7.65. The molecule has 1 atom stereocenters. The predicted molar refractivity (Wildman–Crippen MR) is 119 cm³/mol. The first-order valence-corrected chi connectivity index (χ1v) is 11.2. The first-order chi connectivity index (χ1) is 14.7. The Morgan fingerprint density at radius 2 is 2.03 bits per heavy atom. The lowest BCUT2D eigenvalue weighted by atomic mass is 10.1. The fourth-order valence-electron chi connectivity index (χ4n) is 3.43. The molecule has 7 nitrogen and oxygen atoms in total. The Kier molecular flexibility index (Phi) is 5.25. The molecule has 160 valence electrons. The molecule has 10 heteroatoms. The van der Waals surface area contributed by atoms with Crippen molar-refractivity contribution in [3.05, 3.63) is 69.0 Å². The van der Waals surface area contributed by atoms with Gasteiger partial charge in [0.1, 0.15) is 11.6 Å². The van der Waals surface area contributed by atoms with Crippen LogP contribution in [0.5, 0.6) is 0 Å². The van der Waals surface area contributed by atoms with Crippen LogP contribution in [0.4, 0.5) is 10.1 Å². The SMILES string of the molecule is CCc1cc(=O)n2cc(N3N[SH](c4ccc(C#N)c(Cl)c4)C(=O)C3(C)C)cc(F)c2n1. The molecule has 1 unspecified atom stereocenters. The monoisotopic (exact) mass is 459 g/mol. The van der Waals surface area contributed by atoms with Gasteiger partial charge in [0.2, 0.25) is 5.12 Å². The summed E-state index contributed by atoms with van der Waals surface area (Å²) in [6, 6.07) is 9.46. The first kappa shape index (κ1) is 21.3. The number of rotatable bonds is 3. The molecule has 3 heterocycles. The summed E-state index contributed by atoms with van der Waals surface area (Å²) >= 11 is 4.61. The molecule has 1 aliphatic rings. The summed E-state index contributed by atoms with van der Waals surface area (Å²) in [5.41, 5.74) is -0.330. The van der Waals surface area contributed by atoms with Gasteiger partial charge in [-0.2, -0.15) is 10.1 Å². The van der Waals surface area contributed by atoms with E-state index in [1.54, 1.807) is 37.1 Å². The number of hydrogen-bond acceptors (Lipinski definition) is 6. The summed E-state index contributed by atoms with van der Waals surface area (Å²) in [6.07, 6.45) is 1.99. The van der Waals surface area contributed by atoms with Crippen molar-refractivity contribution in [1.82, 2.24) is 14.2 Å². The van der Waals surface area contributed by atoms with Gasteiger partial charge in [-0.3, -0.25) is 19.0 Å². The number of halogens is 2. The zero-order valence-corrected chi connectivity index (χ0v) is 18.6. The van der Waals surface area contributed by atoms with Crippen molar-refractivity contribution < 1.29 is 9.18 Å². The predicted octanol–water partition coefficient (Wildman–Crippen LogP) is 3.53. The van der Waals surface area contributed by atoms with E-state index in [4.69, 9.17) is 16.9 Å². The number of carbonyl (C=O) groups excluding carboxylic acids is 1. The fraction of sp³-hybridized carbons (Fsp3) is 0.238. The summed E-state index contributed by atoms with van der Waals surface area (Å²) in [5.74, 6) is -0.660. The molecular weight excluding hydrogens is 441 g/mol. The zero-order valence-electron chi connectivity index (χ0n) is 17.0. The number of fused-ring (bicyclic) bond motifs is 1. The topological polar surface area (TPSA) is 90.5 Å². The maximum Gasteiger partial charge on any atom is 0.258 e. The number of benzene rings is 1. The van der Waals surface area contributed by atoms with Crippen molar-refractivity contribution in [2.75, 3.05) is 5.01 Å². The normalized spacial score (nSPS) is 19.0. The lowest BCUT2D eigenvalue weighted by Gasteiger charge is -2.30. The van der Waals surface area contributed by atoms with Crippen LogP contribution < -0.4 is 15.4 Å². The van der Waals surface area contributed by atoms with Crippen molar-refractivity contribution >= 4 is 39.1 Å². The Hall–Kier alpha value is -2.93. The molecular formula is C21H19ClFN5O2S. The lowest BCUT2D eigenvalue weighted by Crippen LogP contribution is -2.47. The van der Waals surface area contributed by atoms with Gasteiger partial charge in [0, 0.05) is 28.9 Å². The highest BCUT2D eigenvalue weighted by molar-refractivity contribution is 8.28. The van der Waals surface area contributed by atoms with Crippen LogP contribution in [0.25, 0.3) is 5.65 Å². The van der Waals surface area contributed by atoms with Gasteiger partial charge in [0.15, 0.2) is 11.5 Å². The summed E-state index contributed by atoms with van der Waals surface area (Å²) in [5, 5.41) is 10.8. The average Bonchev–Trinajstić information content (AvgIpc) is 2.97. The maximum absolute atomic E-state index is 14.9. The number of hydrazine groups is 1. The summed E-state index contributed by atoms with van der Waals surface area (Å²) < 4.78 is 16.0. The van der Waals surface area contributed by atoms with Crippen LogP contribution in [0.2, 0.25) is 5.02 Å². The molecule has 0 spiro atoms. The number of aryl methyl sites for hydroxylation is 1. The number of nitriles is 1. The third-order valence-electron chi connectivity index (χ3n) is 5.19.